The highest BCUT2D eigenvalue weighted by molar-refractivity contribution is 9.10. The predicted molar refractivity (Wildman–Crippen MR) is 132 cm³/mol. The van der Waals surface area contributed by atoms with Crippen LogP contribution in [0.25, 0.3) is 21.9 Å². The van der Waals surface area contributed by atoms with Gasteiger partial charge in [0.15, 0.2) is 0 Å². The molecule has 0 radical (unpaired) electrons. The first-order valence-corrected chi connectivity index (χ1v) is 11.3. The lowest BCUT2D eigenvalue weighted by molar-refractivity contribution is 0.126. The number of fused-ring (bicyclic) bond motifs is 1. The Morgan fingerprint density at radius 1 is 0.606 bits per heavy atom. The molecule has 0 saturated heterocycles. The van der Waals surface area contributed by atoms with Crippen LogP contribution in [-0.2, 0) is 5.60 Å². The summed E-state index contributed by atoms with van der Waals surface area (Å²) in [6.45, 7) is 0. The van der Waals surface area contributed by atoms with Crippen LogP contribution in [0.15, 0.2) is 114 Å². The normalized spacial score (nSPS) is 11.6. The van der Waals surface area contributed by atoms with Crippen molar-refractivity contribution in [1.82, 2.24) is 0 Å². The summed E-state index contributed by atoms with van der Waals surface area (Å²) in [5.74, 6) is -0.799. The van der Waals surface area contributed by atoms with Crippen LogP contribution in [-0.4, -0.2) is 5.11 Å². The molecule has 0 atom stereocenters. The molecule has 0 saturated carbocycles. The van der Waals surface area contributed by atoms with Crippen molar-refractivity contribution in [2.24, 2.45) is 0 Å². The molecule has 0 amide bonds. The number of aliphatic hydroxyl groups is 1. The van der Waals surface area contributed by atoms with Gasteiger partial charge in [0, 0.05) is 10.0 Å². The van der Waals surface area contributed by atoms with Gasteiger partial charge in [0.1, 0.15) is 17.2 Å². The van der Waals surface area contributed by atoms with Gasteiger partial charge in [-0.15, -0.1) is 0 Å². The smallest absolute Gasteiger partial charge is 0.141 e. The van der Waals surface area contributed by atoms with Crippen LogP contribution in [0, 0.1) is 11.6 Å². The Morgan fingerprint density at radius 3 is 1.82 bits per heavy atom. The van der Waals surface area contributed by atoms with E-state index in [0.717, 1.165) is 26.4 Å². The van der Waals surface area contributed by atoms with Gasteiger partial charge in [-0.1, -0.05) is 88.7 Å². The van der Waals surface area contributed by atoms with Gasteiger partial charge in [0.2, 0.25) is 0 Å². The third-order valence-electron chi connectivity index (χ3n) is 5.98. The SMILES string of the molecule is OC(c1ccc(F)cc1)(c1ccc(F)cc1)c1cc(Br)ccc1-c1cccc2ccccc12. The molecule has 5 aromatic rings. The molecule has 0 aliphatic rings. The van der Waals surface area contributed by atoms with E-state index in [1.54, 1.807) is 24.3 Å². The lowest BCUT2D eigenvalue weighted by Gasteiger charge is -2.32. The van der Waals surface area contributed by atoms with Crippen molar-refractivity contribution in [3.8, 4) is 11.1 Å². The molecule has 4 heteroatoms. The largest absolute Gasteiger partial charge is 0.376 e. The van der Waals surface area contributed by atoms with Crippen LogP contribution in [0.1, 0.15) is 16.7 Å². The van der Waals surface area contributed by atoms with Gasteiger partial charge >= 0.3 is 0 Å². The zero-order valence-electron chi connectivity index (χ0n) is 17.5. The van der Waals surface area contributed by atoms with E-state index < -0.39 is 17.2 Å². The molecule has 0 unspecified atom stereocenters. The zero-order chi connectivity index (χ0) is 23.0. The van der Waals surface area contributed by atoms with Crippen LogP contribution >= 0.6 is 15.9 Å². The van der Waals surface area contributed by atoms with Crippen molar-refractivity contribution in [1.29, 1.82) is 0 Å². The summed E-state index contributed by atoms with van der Waals surface area (Å²) in [5, 5.41) is 14.5. The first kappa shape index (κ1) is 21.5. The van der Waals surface area contributed by atoms with Crippen LogP contribution < -0.4 is 0 Å². The minimum Gasteiger partial charge on any atom is -0.376 e. The maximum Gasteiger partial charge on any atom is 0.141 e. The topological polar surface area (TPSA) is 20.2 Å². The van der Waals surface area contributed by atoms with Crippen molar-refractivity contribution in [2.45, 2.75) is 5.60 Å². The Hall–Kier alpha value is -3.34. The molecule has 1 N–H and O–H groups in total. The summed E-state index contributed by atoms with van der Waals surface area (Å²) >= 11 is 3.55. The van der Waals surface area contributed by atoms with Crippen LogP contribution in [0.4, 0.5) is 8.78 Å². The summed E-state index contributed by atoms with van der Waals surface area (Å²) in [5.41, 5.74) is 1.69. The molecule has 1 nitrogen and oxygen atoms in total. The summed E-state index contributed by atoms with van der Waals surface area (Å²) in [6.07, 6.45) is 0. The minimum atomic E-state index is -1.66. The fourth-order valence-electron chi connectivity index (χ4n) is 4.37. The van der Waals surface area contributed by atoms with Crippen molar-refractivity contribution in [3.63, 3.8) is 0 Å². The van der Waals surface area contributed by atoms with E-state index in [4.69, 9.17) is 0 Å². The third kappa shape index (κ3) is 3.86. The maximum absolute atomic E-state index is 13.8. The number of hydrogen-bond donors (Lipinski definition) is 1. The van der Waals surface area contributed by atoms with Gasteiger partial charge in [-0.25, -0.2) is 8.78 Å². The van der Waals surface area contributed by atoms with Crippen molar-refractivity contribution in [2.75, 3.05) is 0 Å². The maximum atomic E-state index is 13.8. The van der Waals surface area contributed by atoms with Gasteiger partial charge in [0.25, 0.3) is 0 Å². The Kier molecular flexibility index (Phi) is 5.57. The van der Waals surface area contributed by atoms with E-state index in [1.807, 2.05) is 60.7 Å². The van der Waals surface area contributed by atoms with E-state index in [9.17, 15) is 13.9 Å². The summed E-state index contributed by atoms with van der Waals surface area (Å²) in [4.78, 5) is 0. The van der Waals surface area contributed by atoms with Crippen molar-refractivity contribution >= 4 is 26.7 Å². The third-order valence-corrected chi connectivity index (χ3v) is 6.47. The van der Waals surface area contributed by atoms with Crippen LogP contribution in [0.5, 0.6) is 0 Å². The molecule has 0 aliphatic carbocycles. The second-order valence-electron chi connectivity index (χ2n) is 7.94. The Balaban J connectivity index is 1.85. The van der Waals surface area contributed by atoms with Crippen molar-refractivity contribution < 1.29 is 13.9 Å². The molecule has 0 bridgehead atoms. The number of halogens is 3. The van der Waals surface area contributed by atoms with E-state index in [1.165, 1.54) is 24.3 Å². The second-order valence-corrected chi connectivity index (χ2v) is 8.86. The Morgan fingerprint density at radius 2 is 1.18 bits per heavy atom. The molecule has 162 valence electrons. The molecule has 0 spiro atoms. The Bertz CT molecular complexity index is 1390. The van der Waals surface area contributed by atoms with E-state index >= 15 is 0 Å². The molecular formula is C29H19BrF2O. The number of benzene rings is 5. The summed E-state index contributed by atoms with van der Waals surface area (Å²) in [7, 11) is 0. The van der Waals surface area contributed by atoms with Gasteiger partial charge in [-0.05, 0) is 69.4 Å². The molecule has 0 fully saturated rings. The van der Waals surface area contributed by atoms with E-state index in [0.29, 0.717) is 16.7 Å². The first-order chi connectivity index (χ1) is 16.0. The number of hydrogen-bond acceptors (Lipinski definition) is 1. The van der Waals surface area contributed by atoms with Gasteiger partial charge in [0.05, 0.1) is 0 Å². The highest BCUT2D eigenvalue weighted by Gasteiger charge is 2.36. The van der Waals surface area contributed by atoms with Crippen LogP contribution in [0.3, 0.4) is 0 Å². The second kappa shape index (κ2) is 8.54. The first-order valence-electron chi connectivity index (χ1n) is 10.5. The molecule has 5 aromatic carbocycles. The standard InChI is InChI=1S/C29H19BrF2O/c30-22-12-17-27(26-7-3-5-19-4-1-2-6-25(19)26)28(18-22)29(33,20-8-13-23(31)14-9-20)21-10-15-24(32)16-11-21/h1-18,33H. The fraction of sp³-hybridized carbons (Fsp3) is 0.0345. The zero-order valence-corrected chi connectivity index (χ0v) is 19.1. The van der Waals surface area contributed by atoms with Gasteiger partial charge in [-0.3, -0.25) is 0 Å². The van der Waals surface area contributed by atoms with E-state index in [2.05, 4.69) is 15.9 Å². The lowest BCUT2D eigenvalue weighted by atomic mass is 9.77. The molecular weight excluding hydrogens is 482 g/mol. The van der Waals surface area contributed by atoms with Crippen LogP contribution in [0.2, 0.25) is 0 Å². The predicted octanol–water partition coefficient (Wildman–Crippen LogP) is 7.83. The average molecular weight is 501 g/mol. The average Bonchev–Trinajstić information content (AvgIpc) is 2.84. The molecule has 0 aliphatic heterocycles. The summed E-state index contributed by atoms with van der Waals surface area (Å²) < 4.78 is 28.3. The monoisotopic (exact) mass is 500 g/mol. The molecule has 0 heterocycles. The quantitative estimate of drug-likeness (QED) is 0.249. The fourth-order valence-corrected chi connectivity index (χ4v) is 4.73. The highest BCUT2D eigenvalue weighted by Crippen LogP contribution is 2.44. The van der Waals surface area contributed by atoms with Crippen molar-refractivity contribution in [3.05, 3.63) is 142 Å². The summed E-state index contributed by atoms with van der Waals surface area (Å²) in [6, 6.07) is 31.4. The highest BCUT2D eigenvalue weighted by atomic mass is 79.9. The lowest BCUT2D eigenvalue weighted by Crippen LogP contribution is -2.29. The van der Waals surface area contributed by atoms with Gasteiger partial charge < -0.3 is 5.11 Å². The van der Waals surface area contributed by atoms with E-state index in [-0.39, 0.29) is 0 Å². The molecule has 33 heavy (non-hydrogen) atoms. The number of rotatable bonds is 4. The van der Waals surface area contributed by atoms with Gasteiger partial charge in [-0.2, -0.15) is 0 Å². The Labute approximate surface area is 199 Å². The minimum absolute atomic E-state index is 0.399. The molecule has 5 rings (SSSR count). The molecule has 0 aromatic heterocycles.